The molecule has 0 radical (unpaired) electrons. The summed E-state index contributed by atoms with van der Waals surface area (Å²) in [4.78, 5) is 7.07. The predicted octanol–water partition coefficient (Wildman–Crippen LogP) is 3.82. The Balaban J connectivity index is 1.80. The number of hydrogen-bond donors (Lipinski definition) is 0. The molecule has 0 saturated carbocycles. The number of nitrogens with zero attached hydrogens (tertiary/aromatic N) is 4. The summed E-state index contributed by atoms with van der Waals surface area (Å²) >= 11 is 0. The number of rotatable bonds is 5. The largest absolute Gasteiger partial charge is 0.497 e. The highest BCUT2D eigenvalue weighted by Gasteiger charge is 2.19. The van der Waals surface area contributed by atoms with Crippen LogP contribution in [0.5, 0.6) is 11.5 Å². The third-order valence-corrected chi connectivity index (χ3v) is 4.79. The van der Waals surface area contributed by atoms with Crippen LogP contribution in [0.15, 0.2) is 48.5 Å². The Hall–Kier alpha value is -3.15. The van der Waals surface area contributed by atoms with Crippen LogP contribution >= 0.6 is 0 Å². The standard InChI is InChI=1S/C21H22N4O2/c1-26-17-9-5-15(6-10-17)19-20(16-7-11-18(27-2)12-8-16)23-24-21(22-19)25-13-3-4-14-25/h5-12H,3-4,13-14H2,1-2H3. The lowest BCUT2D eigenvalue weighted by atomic mass is 10.0. The van der Waals surface area contributed by atoms with Crippen molar-refractivity contribution in [2.24, 2.45) is 0 Å². The second-order valence-electron chi connectivity index (χ2n) is 6.46. The first-order valence-corrected chi connectivity index (χ1v) is 9.07. The van der Waals surface area contributed by atoms with Crippen LogP contribution in [0.2, 0.25) is 0 Å². The maximum Gasteiger partial charge on any atom is 0.245 e. The van der Waals surface area contributed by atoms with Crippen molar-refractivity contribution in [2.75, 3.05) is 32.2 Å². The van der Waals surface area contributed by atoms with E-state index in [1.165, 1.54) is 12.8 Å². The van der Waals surface area contributed by atoms with Crippen molar-refractivity contribution < 1.29 is 9.47 Å². The Morgan fingerprint density at radius 2 is 1.22 bits per heavy atom. The predicted molar refractivity (Wildman–Crippen MR) is 105 cm³/mol. The topological polar surface area (TPSA) is 60.4 Å². The van der Waals surface area contributed by atoms with Gasteiger partial charge in [0.2, 0.25) is 5.95 Å². The van der Waals surface area contributed by atoms with Gasteiger partial charge in [0.1, 0.15) is 22.9 Å². The molecule has 0 unspecified atom stereocenters. The molecule has 0 spiro atoms. The molecule has 0 bridgehead atoms. The van der Waals surface area contributed by atoms with Crippen molar-refractivity contribution >= 4 is 5.95 Å². The molecule has 1 saturated heterocycles. The maximum absolute atomic E-state index is 5.28. The number of anilines is 1. The van der Waals surface area contributed by atoms with Crippen molar-refractivity contribution in [2.45, 2.75) is 12.8 Å². The van der Waals surface area contributed by atoms with E-state index >= 15 is 0 Å². The van der Waals surface area contributed by atoms with Gasteiger partial charge in [0.05, 0.1) is 14.2 Å². The van der Waals surface area contributed by atoms with Gasteiger partial charge in [-0.25, -0.2) is 4.98 Å². The molecule has 27 heavy (non-hydrogen) atoms. The fourth-order valence-corrected chi connectivity index (χ4v) is 3.26. The highest BCUT2D eigenvalue weighted by molar-refractivity contribution is 5.78. The van der Waals surface area contributed by atoms with E-state index in [9.17, 15) is 0 Å². The van der Waals surface area contributed by atoms with Gasteiger partial charge in [0.25, 0.3) is 0 Å². The van der Waals surface area contributed by atoms with E-state index in [0.717, 1.165) is 47.1 Å². The maximum atomic E-state index is 5.28. The molecule has 4 rings (SSSR count). The zero-order chi connectivity index (χ0) is 18.6. The summed E-state index contributed by atoms with van der Waals surface area (Å²) in [7, 11) is 3.32. The SMILES string of the molecule is COc1ccc(-c2nnc(N3CCCC3)nc2-c2ccc(OC)cc2)cc1. The molecule has 138 valence electrons. The molecule has 2 heterocycles. The molecule has 3 aromatic rings. The van der Waals surface area contributed by atoms with Gasteiger partial charge >= 0.3 is 0 Å². The van der Waals surface area contributed by atoms with E-state index < -0.39 is 0 Å². The minimum absolute atomic E-state index is 0.690. The van der Waals surface area contributed by atoms with Crippen LogP contribution < -0.4 is 14.4 Å². The minimum Gasteiger partial charge on any atom is -0.497 e. The molecule has 0 aliphatic carbocycles. The second-order valence-corrected chi connectivity index (χ2v) is 6.46. The summed E-state index contributed by atoms with van der Waals surface area (Å²) in [5.41, 5.74) is 3.51. The fraction of sp³-hybridized carbons (Fsp3) is 0.286. The van der Waals surface area contributed by atoms with Crippen molar-refractivity contribution in [1.29, 1.82) is 0 Å². The molecule has 0 N–H and O–H groups in total. The third kappa shape index (κ3) is 3.56. The van der Waals surface area contributed by atoms with E-state index in [0.29, 0.717) is 5.95 Å². The summed E-state index contributed by atoms with van der Waals surface area (Å²) in [6.45, 7) is 1.96. The molecule has 1 fully saturated rings. The van der Waals surface area contributed by atoms with Crippen molar-refractivity contribution in [3.05, 3.63) is 48.5 Å². The zero-order valence-electron chi connectivity index (χ0n) is 15.6. The number of methoxy groups -OCH3 is 2. The molecular weight excluding hydrogens is 340 g/mol. The first kappa shape index (κ1) is 17.3. The quantitative estimate of drug-likeness (QED) is 0.688. The summed E-state index contributed by atoms with van der Waals surface area (Å²) in [6, 6.07) is 15.7. The lowest BCUT2D eigenvalue weighted by Gasteiger charge is -2.17. The van der Waals surface area contributed by atoms with Gasteiger partial charge < -0.3 is 14.4 Å². The number of hydrogen-bond acceptors (Lipinski definition) is 6. The van der Waals surface area contributed by atoms with Gasteiger partial charge in [-0.3, -0.25) is 0 Å². The summed E-state index contributed by atoms with van der Waals surface area (Å²) in [6.07, 6.45) is 2.34. The smallest absolute Gasteiger partial charge is 0.245 e. The molecule has 6 nitrogen and oxygen atoms in total. The molecule has 1 aromatic heterocycles. The Morgan fingerprint density at radius 3 is 1.74 bits per heavy atom. The van der Waals surface area contributed by atoms with Gasteiger partial charge in [-0.2, -0.15) is 0 Å². The van der Waals surface area contributed by atoms with Gasteiger partial charge in [-0.15, -0.1) is 10.2 Å². The highest BCUT2D eigenvalue weighted by atomic mass is 16.5. The lowest BCUT2D eigenvalue weighted by Crippen LogP contribution is -2.21. The molecule has 1 aliphatic heterocycles. The second kappa shape index (κ2) is 7.61. The average molecular weight is 362 g/mol. The molecule has 2 aromatic carbocycles. The molecule has 6 heteroatoms. The van der Waals surface area contributed by atoms with E-state index in [4.69, 9.17) is 14.5 Å². The average Bonchev–Trinajstić information content (AvgIpc) is 3.28. The Kier molecular flexibility index (Phi) is 4.87. The van der Waals surface area contributed by atoms with Gasteiger partial charge in [-0.1, -0.05) is 0 Å². The third-order valence-electron chi connectivity index (χ3n) is 4.79. The number of aromatic nitrogens is 3. The Morgan fingerprint density at radius 1 is 0.704 bits per heavy atom. The first-order valence-electron chi connectivity index (χ1n) is 9.07. The van der Waals surface area contributed by atoms with E-state index in [-0.39, 0.29) is 0 Å². The van der Waals surface area contributed by atoms with Crippen LogP contribution in [0.3, 0.4) is 0 Å². The molecular formula is C21H22N4O2. The van der Waals surface area contributed by atoms with Crippen LogP contribution in [0.25, 0.3) is 22.5 Å². The normalized spacial score (nSPS) is 13.6. The van der Waals surface area contributed by atoms with Crippen molar-refractivity contribution in [3.8, 4) is 34.0 Å². The molecule has 0 amide bonds. The van der Waals surface area contributed by atoms with Crippen LogP contribution in [0, 0.1) is 0 Å². The van der Waals surface area contributed by atoms with Crippen LogP contribution in [-0.4, -0.2) is 42.5 Å². The van der Waals surface area contributed by atoms with Gasteiger partial charge in [-0.05, 0) is 61.4 Å². The van der Waals surface area contributed by atoms with Crippen LogP contribution in [-0.2, 0) is 0 Å². The van der Waals surface area contributed by atoms with Crippen LogP contribution in [0.1, 0.15) is 12.8 Å². The highest BCUT2D eigenvalue weighted by Crippen LogP contribution is 2.32. The first-order chi connectivity index (χ1) is 13.3. The fourth-order valence-electron chi connectivity index (χ4n) is 3.26. The monoisotopic (exact) mass is 362 g/mol. The molecule has 0 atom stereocenters. The Bertz CT molecular complexity index is 904. The lowest BCUT2D eigenvalue weighted by molar-refractivity contribution is 0.414. The van der Waals surface area contributed by atoms with Crippen molar-refractivity contribution in [3.63, 3.8) is 0 Å². The number of benzene rings is 2. The van der Waals surface area contributed by atoms with Gasteiger partial charge in [0, 0.05) is 24.2 Å². The number of ether oxygens (including phenoxy) is 2. The van der Waals surface area contributed by atoms with Gasteiger partial charge in [0.15, 0.2) is 0 Å². The van der Waals surface area contributed by atoms with E-state index in [2.05, 4.69) is 15.1 Å². The minimum atomic E-state index is 0.690. The van der Waals surface area contributed by atoms with Crippen molar-refractivity contribution in [1.82, 2.24) is 15.2 Å². The summed E-state index contributed by atoms with van der Waals surface area (Å²) in [5, 5.41) is 8.95. The zero-order valence-corrected chi connectivity index (χ0v) is 15.6. The molecule has 1 aliphatic rings. The summed E-state index contributed by atoms with van der Waals surface area (Å²) < 4.78 is 10.5. The summed E-state index contributed by atoms with van der Waals surface area (Å²) in [5.74, 6) is 2.31. The van der Waals surface area contributed by atoms with E-state index in [1.807, 2.05) is 48.5 Å². The van der Waals surface area contributed by atoms with Crippen LogP contribution in [0.4, 0.5) is 5.95 Å². The Labute approximate surface area is 158 Å². The van der Waals surface area contributed by atoms with E-state index in [1.54, 1.807) is 14.2 Å².